The van der Waals surface area contributed by atoms with Crippen LogP contribution >= 0.6 is 11.8 Å². The Morgan fingerprint density at radius 2 is 2.06 bits per heavy atom. The number of hydrogen-bond donors (Lipinski definition) is 2. The number of ether oxygens (including phenoxy) is 1. The van der Waals surface area contributed by atoms with E-state index >= 15 is 0 Å². The maximum Gasteiger partial charge on any atom is 0.416 e. The Bertz CT molecular complexity index is 1460. The van der Waals surface area contributed by atoms with Crippen molar-refractivity contribution in [3.63, 3.8) is 0 Å². The van der Waals surface area contributed by atoms with Crippen LogP contribution in [-0.2, 0) is 15.7 Å². The van der Waals surface area contributed by atoms with E-state index in [9.17, 15) is 22.8 Å². The van der Waals surface area contributed by atoms with Crippen molar-refractivity contribution in [3.05, 3.63) is 64.4 Å². The van der Waals surface area contributed by atoms with Gasteiger partial charge in [-0.3, -0.25) is 14.2 Å². The van der Waals surface area contributed by atoms with Gasteiger partial charge in [0.05, 0.1) is 23.1 Å². The van der Waals surface area contributed by atoms with Crippen molar-refractivity contribution in [1.29, 1.82) is 0 Å². The summed E-state index contributed by atoms with van der Waals surface area (Å²) in [5.74, 6) is -0.347. The molecule has 5 rings (SSSR count). The van der Waals surface area contributed by atoms with E-state index in [1.54, 1.807) is 24.3 Å². The number of carbonyl (C=O) groups is 1. The third kappa shape index (κ3) is 4.78. The van der Waals surface area contributed by atoms with Gasteiger partial charge in [0.1, 0.15) is 11.0 Å². The van der Waals surface area contributed by atoms with Crippen LogP contribution in [0.2, 0.25) is 0 Å². The van der Waals surface area contributed by atoms with Crippen molar-refractivity contribution in [1.82, 2.24) is 19.9 Å². The van der Waals surface area contributed by atoms with E-state index in [0.717, 1.165) is 41.3 Å². The fourth-order valence-electron chi connectivity index (χ4n) is 4.10. The summed E-state index contributed by atoms with van der Waals surface area (Å²) in [6.45, 7) is 1.06. The predicted molar refractivity (Wildman–Crippen MR) is 127 cm³/mol. The van der Waals surface area contributed by atoms with Gasteiger partial charge in [0, 0.05) is 24.1 Å². The third-order valence-electron chi connectivity index (χ3n) is 5.81. The highest BCUT2D eigenvalue weighted by Gasteiger charge is 2.31. The number of alkyl halides is 3. The first-order valence-electron chi connectivity index (χ1n) is 11.0. The molecule has 1 aliphatic rings. The van der Waals surface area contributed by atoms with Gasteiger partial charge in [0.25, 0.3) is 5.56 Å². The molecule has 182 valence electrons. The molecule has 1 amide bonds. The number of amides is 1. The maximum absolute atomic E-state index is 13.5. The summed E-state index contributed by atoms with van der Waals surface area (Å²) in [6, 6.07) is 11.7. The predicted octanol–water partition coefficient (Wildman–Crippen LogP) is 4.27. The Balaban J connectivity index is 1.54. The number of aromatic nitrogens is 3. The van der Waals surface area contributed by atoms with Gasteiger partial charge >= 0.3 is 6.18 Å². The number of fused-ring (bicyclic) bond motifs is 3. The number of nitrogens with one attached hydrogen (secondary N) is 2. The highest BCUT2D eigenvalue weighted by atomic mass is 32.2. The van der Waals surface area contributed by atoms with Crippen LogP contribution in [0.5, 0.6) is 0 Å². The van der Waals surface area contributed by atoms with Crippen molar-refractivity contribution in [2.75, 3.05) is 18.9 Å². The molecular weight excluding hydrogens is 481 g/mol. The fraction of sp³-hybridized carbons (Fsp3) is 0.292. The van der Waals surface area contributed by atoms with Crippen molar-refractivity contribution in [3.8, 4) is 5.69 Å². The number of halogens is 3. The van der Waals surface area contributed by atoms with Gasteiger partial charge in [-0.05, 0) is 37.1 Å². The van der Waals surface area contributed by atoms with Gasteiger partial charge in [0.15, 0.2) is 5.16 Å². The van der Waals surface area contributed by atoms with Crippen LogP contribution in [0.1, 0.15) is 18.4 Å². The molecule has 1 saturated heterocycles. The van der Waals surface area contributed by atoms with Crippen molar-refractivity contribution in [2.45, 2.75) is 30.3 Å². The molecule has 11 heteroatoms. The molecule has 0 unspecified atom stereocenters. The fourth-order valence-corrected chi connectivity index (χ4v) is 4.94. The largest absolute Gasteiger partial charge is 0.416 e. The number of para-hydroxylation sites is 1. The standard InChI is InChI=1S/C24H21F3N4O3S/c25-24(26,27)14-5-3-6-15(11-14)31-22(33)21-20(17-8-1-2-9-18(17)29-21)30-23(31)35-13-19(32)28-12-16-7-4-10-34-16/h1-3,5-6,8-9,11,16,29H,4,7,10,12-13H2,(H,28,32)/t16-/m0/s1. The average molecular weight is 503 g/mol. The first-order valence-corrected chi connectivity index (χ1v) is 12.0. The Labute approximate surface area is 201 Å². The van der Waals surface area contributed by atoms with Crippen LogP contribution in [0, 0.1) is 0 Å². The minimum Gasteiger partial charge on any atom is -0.376 e. The molecule has 0 saturated carbocycles. The summed E-state index contributed by atoms with van der Waals surface area (Å²) in [5.41, 5.74) is -0.164. The molecule has 2 aromatic heterocycles. The number of thioether (sulfide) groups is 1. The number of H-pyrrole nitrogens is 1. The summed E-state index contributed by atoms with van der Waals surface area (Å²) >= 11 is 0.991. The second kappa shape index (κ2) is 9.38. The van der Waals surface area contributed by atoms with E-state index in [1.165, 1.54) is 12.1 Å². The van der Waals surface area contributed by atoms with E-state index < -0.39 is 17.3 Å². The zero-order valence-electron chi connectivity index (χ0n) is 18.4. The Morgan fingerprint density at radius 1 is 1.23 bits per heavy atom. The zero-order valence-corrected chi connectivity index (χ0v) is 19.2. The molecule has 1 atom stereocenters. The molecule has 4 aromatic rings. The highest BCUT2D eigenvalue weighted by Crippen LogP contribution is 2.32. The molecule has 1 fully saturated rings. The van der Waals surface area contributed by atoms with E-state index in [0.29, 0.717) is 29.6 Å². The Kier molecular flexibility index (Phi) is 6.28. The molecule has 0 radical (unpaired) electrons. The average Bonchev–Trinajstić information content (AvgIpc) is 3.49. The number of rotatable bonds is 6. The molecule has 2 aromatic carbocycles. The van der Waals surface area contributed by atoms with Gasteiger partial charge in [0.2, 0.25) is 5.91 Å². The van der Waals surface area contributed by atoms with E-state index in [2.05, 4.69) is 15.3 Å². The summed E-state index contributed by atoms with van der Waals surface area (Å²) in [5, 5.41) is 3.64. The molecule has 7 nitrogen and oxygen atoms in total. The van der Waals surface area contributed by atoms with Gasteiger partial charge in [-0.2, -0.15) is 13.2 Å². The SMILES string of the molecule is O=C(CSc1nc2c([nH]c3ccccc32)c(=O)n1-c1cccc(C(F)(F)F)c1)NC[C@@H]1CCCO1. The van der Waals surface area contributed by atoms with Gasteiger partial charge in [-0.15, -0.1) is 0 Å². The summed E-state index contributed by atoms with van der Waals surface area (Å²) in [6.07, 6.45) is -2.77. The number of nitrogens with zero attached hydrogens (tertiary/aromatic N) is 2. The highest BCUT2D eigenvalue weighted by molar-refractivity contribution is 7.99. The first kappa shape index (κ1) is 23.4. The summed E-state index contributed by atoms with van der Waals surface area (Å²) in [4.78, 5) is 33.6. The van der Waals surface area contributed by atoms with E-state index in [4.69, 9.17) is 4.74 Å². The Hall–Kier alpha value is -3.31. The van der Waals surface area contributed by atoms with Crippen LogP contribution < -0.4 is 10.9 Å². The lowest BCUT2D eigenvalue weighted by molar-refractivity contribution is -0.137. The van der Waals surface area contributed by atoms with E-state index in [1.807, 2.05) is 0 Å². The number of hydrogen-bond acceptors (Lipinski definition) is 5. The normalized spacial score (nSPS) is 16.3. The minimum absolute atomic E-state index is 0.0140. The quantitative estimate of drug-likeness (QED) is 0.304. The third-order valence-corrected chi connectivity index (χ3v) is 6.75. The summed E-state index contributed by atoms with van der Waals surface area (Å²) < 4.78 is 46.7. The van der Waals surface area contributed by atoms with Crippen molar-refractivity contribution < 1.29 is 22.7 Å². The van der Waals surface area contributed by atoms with Crippen LogP contribution in [0.3, 0.4) is 0 Å². The minimum atomic E-state index is -4.58. The van der Waals surface area contributed by atoms with Gasteiger partial charge < -0.3 is 15.0 Å². The molecule has 35 heavy (non-hydrogen) atoms. The second-order valence-corrected chi connectivity index (χ2v) is 9.15. The Morgan fingerprint density at radius 3 is 2.83 bits per heavy atom. The molecular formula is C24H21F3N4O3S. The smallest absolute Gasteiger partial charge is 0.376 e. The van der Waals surface area contributed by atoms with E-state index in [-0.39, 0.29) is 34.1 Å². The number of carbonyl (C=O) groups excluding carboxylic acids is 1. The molecule has 1 aliphatic heterocycles. The molecule has 0 spiro atoms. The van der Waals surface area contributed by atoms with Crippen molar-refractivity contribution >= 4 is 39.6 Å². The van der Waals surface area contributed by atoms with Crippen LogP contribution in [0.25, 0.3) is 27.6 Å². The van der Waals surface area contributed by atoms with Crippen molar-refractivity contribution in [2.24, 2.45) is 0 Å². The van der Waals surface area contributed by atoms with Crippen LogP contribution in [-0.4, -0.2) is 45.5 Å². The molecule has 2 N–H and O–H groups in total. The molecule has 3 heterocycles. The van der Waals surface area contributed by atoms with Gasteiger partial charge in [-0.1, -0.05) is 36.0 Å². The van der Waals surface area contributed by atoms with Crippen LogP contribution in [0.15, 0.2) is 58.5 Å². The lowest BCUT2D eigenvalue weighted by Gasteiger charge is -2.14. The lowest BCUT2D eigenvalue weighted by atomic mass is 10.2. The zero-order chi connectivity index (χ0) is 24.6. The summed E-state index contributed by atoms with van der Waals surface area (Å²) in [7, 11) is 0. The monoisotopic (exact) mass is 502 g/mol. The maximum atomic E-state index is 13.5. The topological polar surface area (TPSA) is 89.0 Å². The van der Waals surface area contributed by atoms with Crippen LogP contribution in [0.4, 0.5) is 13.2 Å². The number of benzene rings is 2. The second-order valence-electron chi connectivity index (χ2n) is 8.20. The first-order chi connectivity index (χ1) is 16.8. The molecule has 0 bridgehead atoms. The van der Waals surface area contributed by atoms with Gasteiger partial charge in [-0.25, -0.2) is 4.98 Å². The molecule has 0 aliphatic carbocycles. The number of aromatic amines is 1. The lowest BCUT2D eigenvalue weighted by Crippen LogP contribution is -2.33.